The molecule has 6 heteroatoms. The van der Waals surface area contributed by atoms with Crippen LogP contribution in [-0.2, 0) is 5.92 Å². The van der Waals surface area contributed by atoms with Gasteiger partial charge in [0.2, 0.25) is 0 Å². The Kier molecular flexibility index (Phi) is 2.82. The molecular formula is C17H15F2N3S. The summed E-state index contributed by atoms with van der Waals surface area (Å²) in [7, 11) is 0. The molecule has 3 aromatic rings. The van der Waals surface area contributed by atoms with Gasteiger partial charge in [0, 0.05) is 16.8 Å². The van der Waals surface area contributed by atoms with Gasteiger partial charge in [-0.05, 0) is 50.4 Å². The Hall–Kier alpha value is -2.08. The van der Waals surface area contributed by atoms with Gasteiger partial charge >= 0.3 is 0 Å². The maximum Gasteiger partial charge on any atom is 0.298 e. The molecular weight excluding hydrogens is 316 g/mol. The number of thiophene rings is 1. The maximum absolute atomic E-state index is 14.6. The van der Waals surface area contributed by atoms with Gasteiger partial charge in [-0.25, -0.2) is 4.52 Å². The number of alkyl halides is 2. The summed E-state index contributed by atoms with van der Waals surface area (Å²) in [5.41, 5.74) is 1.89. The molecule has 0 aliphatic carbocycles. The van der Waals surface area contributed by atoms with Crippen LogP contribution in [0.25, 0.3) is 5.52 Å². The highest BCUT2D eigenvalue weighted by atomic mass is 32.1. The standard InChI is InChI=1S/C17H15F2N3S/c1-10-4-5-12-8-11(9-20-22(10)12)14-15-13(6-7-23-15)17(18,19)16(2,3)21-14/h4-9H,1-3H3. The Morgan fingerprint density at radius 2 is 1.96 bits per heavy atom. The van der Waals surface area contributed by atoms with E-state index in [-0.39, 0.29) is 5.56 Å². The minimum absolute atomic E-state index is 0.0592. The summed E-state index contributed by atoms with van der Waals surface area (Å²) in [6.45, 7) is 4.92. The van der Waals surface area contributed by atoms with Crippen LogP contribution in [0.5, 0.6) is 0 Å². The average Bonchev–Trinajstić information content (AvgIpc) is 3.11. The van der Waals surface area contributed by atoms with Crippen molar-refractivity contribution < 1.29 is 8.78 Å². The van der Waals surface area contributed by atoms with Gasteiger partial charge in [0.1, 0.15) is 5.54 Å². The van der Waals surface area contributed by atoms with E-state index in [1.165, 1.54) is 31.3 Å². The summed E-state index contributed by atoms with van der Waals surface area (Å²) in [6.07, 6.45) is 1.70. The minimum atomic E-state index is -2.98. The second-order valence-electron chi connectivity index (χ2n) is 6.31. The number of aryl methyl sites for hydroxylation is 1. The number of hydrogen-bond donors (Lipinski definition) is 0. The van der Waals surface area contributed by atoms with Crippen molar-refractivity contribution in [3.05, 3.63) is 57.5 Å². The first kappa shape index (κ1) is 14.5. The van der Waals surface area contributed by atoms with E-state index >= 15 is 0 Å². The van der Waals surface area contributed by atoms with E-state index in [1.807, 2.05) is 29.6 Å². The highest BCUT2D eigenvalue weighted by molar-refractivity contribution is 7.12. The van der Waals surface area contributed by atoms with Crippen LogP contribution < -0.4 is 0 Å². The van der Waals surface area contributed by atoms with Crippen molar-refractivity contribution in [1.29, 1.82) is 0 Å². The molecule has 4 heterocycles. The molecule has 0 bridgehead atoms. The SMILES string of the molecule is Cc1ccc2cc(C3=NC(C)(C)C(F)(F)c4ccsc43)cnn12. The molecule has 3 aromatic heterocycles. The summed E-state index contributed by atoms with van der Waals surface area (Å²) in [4.78, 5) is 4.92. The van der Waals surface area contributed by atoms with Crippen molar-refractivity contribution >= 4 is 22.6 Å². The Morgan fingerprint density at radius 3 is 2.74 bits per heavy atom. The van der Waals surface area contributed by atoms with Crippen LogP contribution in [0.3, 0.4) is 0 Å². The molecule has 4 rings (SSSR count). The van der Waals surface area contributed by atoms with E-state index in [1.54, 1.807) is 11.6 Å². The van der Waals surface area contributed by atoms with Crippen molar-refractivity contribution in [2.45, 2.75) is 32.2 Å². The molecule has 0 spiro atoms. The molecule has 0 fully saturated rings. The van der Waals surface area contributed by atoms with Crippen molar-refractivity contribution in [3.8, 4) is 0 Å². The Labute approximate surface area is 136 Å². The fraction of sp³-hybridized carbons (Fsp3) is 0.294. The van der Waals surface area contributed by atoms with Gasteiger partial charge in [-0.3, -0.25) is 4.99 Å². The van der Waals surface area contributed by atoms with E-state index < -0.39 is 11.5 Å². The zero-order chi connectivity index (χ0) is 16.4. The van der Waals surface area contributed by atoms with E-state index in [0.717, 1.165) is 16.8 Å². The molecule has 0 amide bonds. The molecule has 0 atom stereocenters. The highest BCUT2D eigenvalue weighted by Crippen LogP contribution is 2.48. The van der Waals surface area contributed by atoms with E-state index in [4.69, 9.17) is 0 Å². The molecule has 1 aliphatic heterocycles. The lowest BCUT2D eigenvalue weighted by molar-refractivity contribution is -0.0677. The number of aliphatic imine (C=N–C) groups is 1. The Balaban J connectivity index is 1.95. The Morgan fingerprint density at radius 1 is 1.17 bits per heavy atom. The van der Waals surface area contributed by atoms with E-state index in [9.17, 15) is 8.78 Å². The number of nitrogens with zero attached hydrogens (tertiary/aromatic N) is 3. The maximum atomic E-state index is 14.6. The molecule has 0 saturated carbocycles. The van der Waals surface area contributed by atoms with Gasteiger partial charge < -0.3 is 0 Å². The van der Waals surface area contributed by atoms with E-state index in [2.05, 4.69) is 10.1 Å². The first-order valence-corrected chi connectivity index (χ1v) is 8.20. The predicted molar refractivity (Wildman–Crippen MR) is 87.9 cm³/mol. The lowest BCUT2D eigenvalue weighted by Crippen LogP contribution is -2.43. The zero-order valence-corrected chi connectivity index (χ0v) is 13.8. The summed E-state index contributed by atoms with van der Waals surface area (Å²) in [5.74, 6) is -2.98. The topological polar surface area (TPSA) is 29.7 Å². The molecule has 0 saturated heterocycles. The molecule has 0 N–H and O–H groups in total. The van der Waals surface area contributed by atoms with Crippen LogP contribution in [0, 0.1) is 6.92 Å². The van der Waals surface area contributed by atoms with Crippen molar-refractivity contribution in [2.75, 3.05) is 0 Å². The molecule has 0 radical (unpaired) electrons. The summed E-state index contributed by atoms with van der Waals surface area (Å²) >= 11 is 1.30. The average molecular weight is 331 g/mol. The quantitative estimate of drug-likeness (QED) is 0.649. The van der Waals surface area contributed by atoms with Crippen LogP contribution in [0.15, 0.2) is 40.8 Å². The van der Waals surface area contributed by atoms with E-state index in [0.29, 0.717) is 10.6 Å². The fourth-order valence-corrected chi connectivity index (χ4v) is 3.87. The number of fused-ring (bicyclic) bond motifs is 2. The number of aromatic nitrogens is 2. The molecule has 0 unspecified atom stereocenters. The summed E-state index contributed by atoms with van der Waals surface area (Å²) in [6, 6.07) is 7.39. The molecule has 0 aromatic carbocycles. The van der Waals surface area contributed by atoms with Gasteiger partial charge in [0.25, 0.3) is 5.92 Å². The minimum Gasteiger partial charge on any atom is -0.270 e. The first-order chi connectivity index (χ1) is 10.8. The van der Waals surface area contributed by atoms with Crippen LogP contribution >= 0.6 is 11.3 Å². The third-order valence-corrected chi connectivity index (χ3v) is 5.26. The van der Waals surface area contributed by atoms with Crippen LogP contribution in [-0.4, -0.2) is 20.9 Å². The lowest BCUT2D eigenvalue weighted by atomic mass is 9.86. The second-order valence-corrected chi connectivity index (χ2v) is 7.23. The van der Waals surface area contributed by atoms with Crippen LogP contribution in [0.4, 0.5) is 8.78 Å². The predicted octanol–water partition coefficient (Wildman–Crippen LogP) is 4.43. The zero-order valence-electron chi connectivity index (χ0n) is 13.0. The molecule has 23 heavy (non-hydrogen) atoms. The number of halogens is 2. The third kappa shape index (κ3) is 1.91. The van der Waals surface area contributed by atoms with Gasteiger partial charge in [0.15, 0.2) is 0 Å². The largest absolute Gasteiger partial charge is 0.298 e. The smallest absolute Gasteiger partial charge is 0.270 e. The Bertz CT molecular complexity index is 950. The first-order valence-electron chi connectivity index (χ1n) is 7.32. The fourth-order valence-electron chi connectivity index (χ4n) is 2.93. The normalized spacial score (nSPS) is 18.7. The molecule has 3 nitrogen and oxygen atoms in total. The van der Waals surface area contributed by atoms with Gasteiger partial charge in [-0.2, -0.15) is 13.9 Å². The monoisotopic (exact) mass is 331 g/mol. The van der Waals surface area contributed by atoms with Crippen molar-refractivity contribution in [1.82, 2.24) is 9.61 Å². The van der Waals surface area contributed by atoms with Crippen molar-refractivity contribution in [2.24, 2.45) is 4.99 Å². The number of rotatable bonds is 1. The van der Waals surface area contributed by atoms with Gasteiger partial charge in [-0.1, -0.05) is 0 Å². The van der Waals surface area contributed by atoms with Crippen LogP contribution in [0.2, 0.25) is 0 Å². The molecule has 1 aliphatic rings. The molecule has 118 valence electrons. The van der Waals surface area contributed by atoms with Gasteiger partial charge in [0.05, 0.1) is 22.3 Å². The second kappa shape index (κ2) is 4.47. The van der Waals surface area contributed by atoms with Gasteiger partial charge in [-0.15, -0.1) is 11.3 Å². The summed E-state index contributed by atoms with van der Waals surface area (Å²) in [5, 5.41) is 6.11. The lowest BCUT2D eigenvalue weighted by Gasteiger charge is -2.35. The van der Waals surface area contributed by atoms with Crippen LogP contribution in [0.1, 0.15) is 35.5 Å². The van der Waals surface area contributed by atoms with Crippen molar-refractivity contribution in [3.63, 3.8) is 0 Å². The summed E-state index contributed by atoms with van der Waals surface area (Å²) < 4.78 is 31.1. The highest BCUT2D eigenvalue weighted by Gasteiger charge is 2.53. The third-order valence-electron chi connectivity index (χ3n) is 4.34. The number of hydrogen-bond acceptors (Lipinski definition) is 3.